The number of thioether (sulfide) groups is 1. The van der Waals surface area contributed by atoms with Crippen LogP contribution in [0, 0.1) is 6.92 Å². The van der Waals surface area contributed by atoms with E-state index in [1.165, 1.54) is 16.7 Å². The van der Waals surface area contributed by atoms with Crippen molar-refractivity contribution in [1.82, 2.24) is 4.90 Å². The Morgan fingerprint density at radius 3 is 2.30 bits per heavy atom. The van der Waals surface area contributed by atoms with E-state index in [9.17, 15) is 14.4 Å². The number of benzene rings is 2. The molecule has 0 aliphatic rings. The molecule has 0 radical (unpaired) electrons. The highest BCUT2D eigenvalue weighted by Gasteiger charge is 2.25. The standard InChI is InChI=1S/C23H28N2O4S/c1-16-10-12-20(13-11-16)24-21(26)15-30-18(3)23(28)29-17(2)22(27)25(4)14-19-8-6-5-7-9-19/h5-13,17-18H,14-15H2,1-4H3,(H,24,26)/t17-,18-/m0/s1. The Kier molecular flexibility index (Phi) is 8.92. The maximum absolute atomic E-state index is 12.5. The van der Waals surface area contributed by atoms with Crippen LogP contribution in [0.25, 0.3) is 0 Å². The summed E-state index contributed by atoms with van der Waals surface area (Å²) in [5.41, 5.74) is 2.81. The second-order valence-corrected chi connectivity index (χ2v) is 8.46. The molecule has 0 aromatic heterocycles. The van der Waals surface area contributed by atoms with Crippen LogP contribution in [0.1, 0.15) is 25.0 Å². The molecule has 0 aliphatic heterocycles. The quantitative estimate of drug-likeness (QED) is 0.617. The third-order valence-electron chi connectivity index (χ3n) is 4.41. The smallest absolute Gasteiger partial charge is 0.319 e. The normalized spacial score (nSPS) is 12.5. The first kappa shape index (κ1) is 23.5. The predicted octanol–water partition coefficient (Wildman–Crippen LogP) is 3.65. The van der Waals surface area contributed by atoms with Crippen LogP contribution in [0.15, 0.2) is 54.6 Å². The van der Waals surface area contributed by atoms with Crippen LogP contribution < -0.4 is 5.32 Å². The van der Waals surface area contributed by atoms with Crippen molar-refractivity contribution in [2.75, 3.05) is 18.1 Å². The fourth-order valence-corrected chi connectivity index (χ4v) is 3.33. The van der Waals surface area contributed by atoms with Crippen LogP contribution in [-0.2, 0) is 25.7 Å². The number of carbonyl (C=O) groups excluding carboxylic acids is 3. The van der Waals surface area contributed by atoms with E-state index in [2.05, 4.69) is 5.32 Å². The highest BCUT2D eigenvalue weighted by atomic mass is 32.2. The number of amides is 2. The van der Waals surface area contributed by atoms with Gasteiger partial charge in [-0.2, -0.15) is 0 Å². The molecule has 1 N–H and O–H groups in total. The Hall–Kier alpha value is -2.80. The minimum Gasteiger partial charge on any atom is -0.452 e. The van der Waals surface area contributed by atoms with E-state index < -0.39 is 17.3 Å². The zero-order chi connectivity index (χ0) is 22.1. The van der Waals surface area contributed by atoms with Crippen molar-refractivity contribution in [3.05, 3.63) is 65.7 Å². The summed E-state index contributed by atoms with van der Waals surface area (Å²) in [6, 6.07) is 17.1. The van der Waals surface area contributed by atoms with Crippen LogP contribution in [0.5, 0.6) is 0 Å². The molecule has 30 heavy (non-hydrogen) atoms. The van der Waals surface area contributed by atoms with Crippen molar-refractivity contribution in [3.63, 3.8) is 0 Å². The number of rotatable bonds is 9. The van der Waals surface area contributed by atoms with E-state index in [4.69, 9.17) is 4.74 Å². The first-order valence-electron chi connectivity index (χ1n) is 9.73. The second-order valence-electron chi connectivity index (χ2n) is 7.13. The molecule has 0 fully saturated rings. The fourth-order valence-electron chi connectivity index (χ4n) is 2.67. The van der Waals surface area contributed by atoms with Crippen molar-refractivity contribution in [2.24, 2.45) is 0 Å². The zero-order valence-electron chi connectivity index (χ0n) is 17.8. The maximum Gasteiger partial charge on any atom is 0.319 e. The molecule has 2 aromatic carbocycles. The number of hydrogen-bond acceptors (Lipinski definition) is 5. The number of carbonyl (C=O) groups is 3. The molecule has 0 spiro atoms. The molecular weight excluding hydrogens is 400 g/mol. The van der Waals surface area contributed by atoms with Crippen molar-refractivity contribution < 1.29 is 19.1 Å². The summed E-state index contributed by atoms with van der Waals surface area (Å²) in [7, 11) is 1.67. The fraction of sp³-hybridized carbons (Fsp3) is 0.348. The van der Waals surface area contributed by atoms with Gasteiger partial charge in [-0.25, -0.2) is 0 Å². The van der Waals surface area contributed by atoms with Crippen LogP contribution in [0.3, 0.4) is 0 Å². The molecule has 0 saturated heterocycles. The zero-order valence-corrected chi connectivity index (χ0v) is 18.6. The second kappa shape index (κ2) is 11.4. The summed E-state index contributed by atoms with van der Waals surface area (Å²) in [5.74, 6) is -0.880. The maximum atomic E-state index is 12.5. The lowest BCUT2D eigenvalue weighted by molar-refractivity contribution is -0.158. The third-order valence-corrected chi connectivity index (χ3v) is 5.53. The summed E-state index contributed by atoms with van der Waals surface area (Å²) in [6.07, 6.45) is -0.893. The average molecular weight is 429 g/mol. The highest BCUT2D eigenvalue weighted by Crippen LogP contribution is 2.15. The Bertz CT molecular complexity index is 855. The van der Waals surface area contributed by atoms with Gasteiger partial charge in [-0.05, 0) is 38.5 Å². The molecule has 0 saturated carbocycles. The molecule has 160 valence electrons. The summed E-state index contributed by atoms with van der Waals surface area (Å²) >= 11 is 1.17. The molecular formula is C23H28N2O4S. The number of nitrogens with zero attached hydrogens (tertiary/aromatic N) is 1. The van der Waals surface area contributed by atoms with Gasteiger partial charge < -0.3 is 15.0 Å². The largest absolute Gasteiger partial charge is 0.452 e. The van der Waals surface area contributed by atoms with E-state index in [0.29, 0.717) is 12.2 Å². The Morgan fingerprint density at radius 2 is 1.67 bits per heavy atom. The van der Waals surface area contributed by atoms with Gasteiger partial charge in [0.25, 0.3) is 5.91 Å². The van der Waals surface area contributed by atoms with E-state index in [0.717, 1.165) is 11.1 Å². The minimum absolute atomic E-state index is 0.111. The predicted molar refractivity (Wildman–Crippen MR) is 120 cm³/mol. The molecule has 0 aliphatic carbocycles. The van der Waals surface area contributed by atoms with Crippen LogP contribution in [0.2, 0.25) is 0 Å². The molecule has 2 rings (SSSR count). The molecule has 0 bridgehead atoms. The Balaban J connectivity index is 1.76. The van der Waals surface area contributed by atoms with Crippen molar-refractivity contribution in [3.8, 4) is 0 Å². The summed E-state index contributed by atoms with van der Waals surface area (Å²) in [6.45, 7) is 5.63. The van der Waals surface area contributed by atoms with Crippen molar-refractivity contribution in [2.45, 2.75) is 38.7 Å². The van der Waals surface area contributed by atoms with Crippen molar-refractivity contribution >= 4 is 35.2 Å². The number of aryl methyl sites for hydroxylation is 1. The van der Waals surface area contributed by atoms with Gasteiger partial charge in [-0.1, -0.05) is 48.0 Å². The molecule has 2 atom stereocenters. The van der Waals surface area contributed by atoms with Gasteiger partial charge in [0.05, 0.1) is 5.75 Å². The van der Waals surface area contributed by atoms with Gasteiger partial charge in [0.2, 0.25) is 5.91 Å². The molecule has 2 aromatic rings. The first-order valence-corrected chi connectivity index (χ1v) is 10.8. The van der Waals surface area contributed by atoms with Crippen molar-refractivity contribution in [1.29, 1.82) is 0 Å². The van der Waals surface area contributed by atoms with Gasteiger partial charge in [0.1, 0.15) is 5.25 Å². The van der Waals surface area contributed by atoms with Gasteiger partial charge in [-0.15, -0.1) is 11.8 Å². The van der Waals surface area contributed by atoms with Crippen LogP contribution >= 0.6 is 11.8 Å². The molecule has 0 heterocycles. The number of esters is 1. The number of ether oxygens (including phenoxy) is 1. The lowest BCUT2D eigenvalue weighted by Gasteiger charge is -2.22. The molecule has 7 heteroatoms. The molecule has 2 amide bonds. The lowest BCUT2D eigenvalue weighted by Crippen LogP contribution is -2.38. The first-order chi connectivity index (χ1) is 14.3. The Morgan fingerprint density at radius 1 is 1.03 bits per heavy atom. The van der Waals surface area contributed by atoms with E-state index in [-0.39, 0.29) is 17.6 Å². The van der Waals surface area contributed by atoms with Gasteiger partial charge in [0.15, 0.2) is 6.10 Å². The minimum atomic E-state index is -0.893. The number of hydrogen-bond donors (Lipinski definition) is 1. The summed E-state index contributed by atoms with van der Waals surface area (Å²) in [4.78, 5) is 38.4. The van der Waals surface area contributed by atoms with Gasteiger partial charge in [-0.3, -0.25) is 14.4 Å². The van der Waals surface area contributed by atoms with Gasteiger partial charge in [0, 0.05) is 19.3 Å². The summed E-state index contributed by atoms with van der Waals surface area (Å²) in [5, 5.41) is 2.22. The van der Waals surface area contributed by atoms with Gasteiger partial charge >= 0.3 is 5.97 Å². The van der Waals surface area contributed by atoms with E-state index >= 15 is 0 Å². The third kappa shape index (κ3) is 7.55. The van der Waals surface area contributed by atoms with E-state index in [1.807, 2.05) is 61.5 Å². The number of likely N-dealkylation sites (N-methyl/N-ethyl adjacent to an activating group) is 1. The monoisotopic (exact) mass is 428 g/mol. The van der Waals surface area contributed by atoms with Crippen LogP contribution in [0.4, 0.5) is 5.69 Å². The van der Waals surface area contributed by atoms with E-state index in [1.54, 1.807) is 20.9 Å². The Labute approximate surface area is 182 Å². The summed E-state index contributed by atoms with van der Waals surface area (Å²) < 4.78 is 5.31. The highest BCUT2D eigenvalue weighted by molar-refractivity contribution is 8.01. The van der Waals surface area contributed by atoms with Crippen LogP contribution in [-0.4, -0.2) is 46.8 Å². The number of nitrogens with one attached hydrogen (secondary N) is 1. The lowest BCUT2D eigenvalue weighted by atomic mass is 10.2. The molecule has 6 nitrogen and oxygen atoms in total. The average Bonchev–Trinajstić information content (AvgIpc) is 2.73. The molecule has 0 unspecified atom stereocenters. The SMILES string of the molecule is Cc1ccc(NC(=O)CS[C@@H](C)C(=O)O[C@@H](C)C(=O)N(C)Cc2ccccc2)cc1. The topological polar surface area (TPSA) is 75.7 Å². The number of anilines is 1.